The summed E-state index contributed by atoms with van der Waals surface area (Å²) in [7, 11) is 0. The molecule has 1 aromatic heterocycles. The fourth-order valence-corrected chi connectivity index (χ4v) is 3.08. The topological polar surface area (TPSA) is 71.9 Å². The van der Waals surface area contributed by atoms with Gasteiger partial charge in [0.1, 0.15) is 5.82 Å². The van der Waals surface area contributed by atoms with Gasteiger partial charge < -0.3 is 14.6 Å². The van der Waals surface area contributed by atoms with Crippen LogP contribution in [0.3, 0.4) is 0 Å². The molecule has 116 valence electrons. The normalized spacial score (nSPS) is 22.2. The highest BCUT2D eigenvalue weighted by molar-refractivity contribution is 7.71. The summed E-state index contributed by atoms with van der Waals surface area (Å²) >= 11 is 5.24. The minimum Gasteiger partial charge on any atom is -0.378 e. The summed E-state index contributed by atoms with van der Waals surface area (Å²) in [5.41, 5.74) is 0. The zero-order valence-electron chi connectivity index (χ0n) is 12.1. The maximum atomic E-state index is 11.9. The van der Waals surface area contributed by atoms with Crippen molar-refractivity contribution < 1.29 is 9.53 Å². The number of hydrogen-bond acceptors (Lipinski definition) is 4. The Labute approximate surface area is 129 Å². The SMILES string of the molecule is O=C(C[C@H]1CCCCO1)NCCc1n[nH]c(=S)n1C1CC1. The second kappa shape index (κ2) is 6.70. The number of hydrogen-bond donors (Lipinski definition) is 2. The molecule has 3 rings (SSSR count). The Morgan fingerprint density at radius 2 is 2.29 bits per heavy atom. The summed E-state index contributed by atoms with van der Waals surface area (Å²) in [6.07, 6.45) is 6.89. The van der Waals surface area contributed by atoms with Crippen molar-refractivity contribution in [2.75, 3.05) is 13.2 Å². The first-order chi connectivity index (χ1) is 10.2. The van der Waals surface area contributed by atoms with Crippen molar-refractivity contribution in [2.45, 2.75) is 57.1 Å². The third-order valence-electron chi connectivity index (χ3n) is 4.05. The summed E-state index contributed by atoms with van der Waals surface area (Å²) in [6, 6.07) is 0.512. The Morgan fingerprint density at radius 1 is 1.43 bits per heavy atom. The minimum absolute atomic E-state index is 0.0639. The Bertz CT molecular complexity index is 543. The standard InChI is InChI=1S/C14H22N4O2S/c19-13(9-11-3-1-2-8-20-11)15-7-6-12-16-17-14(21)18(12)10-4-5-10/h10-11H,1-9H2,(H,15,19)(H,17,21)/t11-/m1/s1. The van der Waals surface area contributed by atoms with Gasteiger partial charge in [0.15, 0.2) is 4.77 Å². The number of ether oxygens (including phenoxy) is 1. The first-order valence-corrected chi connectivity index (χ1v) is 8.19. The average Bonchev–Trinajstić information content (AvgIpc) is 3.24. The molecule has 2 fully saturated rings. The molecule has 6 nitrogen and oxygen atoms in total. The fourth-order valence-electron chi connectivity index (χ4n) is 2.78. The predicted molar refractivity (Wildman–Crippen MR) is 80.6 cm³/mol. The molecule has 2 N–H and O–H groups in total. The van der Waals surface area contributed by atoms with Crippen LogP contribution in [0.1, 0.15) is 50.4 Å². The van der Waals surface area contributed by atoms with Gasteiger partial charge in [0.05, 0.1) is 12.5 Å². The number of aromatic nitrogens is 3. The Balaban J connectivity index is 1.43. The van der Waals surface area contributed by atoms with Crippen molar-refractivity contribution >= 4 is 18.1 Å². The van der Waals surface area contributed by atoms with E-state index in [1.165, 1.54) is 12.8 Å². The molecule has 1 aliphatic carbocycles. The highest BCUT2D eigenvalue weighted by Crippen LogP contribution is 2.35. The maximum absolute atomic E-state index is 11.9. The van der Waals surface area contributed by atoms with Crippen molar-refractivity contribution in [2.24, 2.45) is 0 Å². The third kappa shape index (κ3) is 3.91. The summed E-state index contributed by atoms with van der Waals surface area (Å²) in [4.78, 5) is 11.9. The Kier molecular flexibility index (Phi) is 4.70. The van der Waals surface area contributed by atoms with Crippen LogP contribution in [0.15, 0.2) is 0 Å². The van der Waals surface area contributed by atoms with Crippen molar-refractivity contribution in [1.82, 2.24) is 20.1 Å². The second-order valence-corrected chi connectivity index (χ2v) is 6.23. The number of rotatable bonds is 6. The lowest BCUT2D eigenvalue weighted by Gasteiger charge is -2.21. The van der Waals surface area contributed by atoms with Gasteiger partial charge in [0.25, 0.3) is 0 Å². The molecular weight excluding hydrogens is 288 g/mol. The molecule has 7 heteroatoms. The summed E-state index contributed by atoms with van der Waals surface area (Å²) in [6.45, 7) is 1.38. The van der Waals surface area contributed by atoms with E-state index < -0.39 is 0 Å². The molecule has 2 heterocycles. The number of carbonyl (C=O) groups is 1. The lowest BCUT2D eigenvalue weighted by molar-refractivity contribution is -0.124. The van der Waals surface area contributed by atoms with Crippen LogP contribution in [0.5, 0.6) is 0 Å². The van der Waals surface area contributed by atoms with E-state index >= 15 is 0 Å². The first kappa shape index (κ1) is 14.7. The molecule has 2 aliphatic rings. The van der Waals surface area contributed by atoms with E-state index in [0.717, 1.165) is 31.7 Å². The van der Waals surface area contributed by atoms with Crippen molar-refractivity contribution in [3.8, 4) is 0 Å². The molecule has 1 saturated heterocycles. The van der Waals surface area contributed by atoms with Crippen molar-refractivity contribution in [3.05, 3.63) is 10.6 Å². The molecule has 1 aliphatic heterocycles. The quantitative estimate of drug-likeness (QED) is 0.787. The van der Waals surface area contributed by atoms with Crippen molar-refractivity contribution in [3.63, 3.8) is 0 Å². The number of nitrogens with one attached hydrogen (secondary N) is 2. The highest BCUT2D eigenvalue weighted by Gasteiger charge is 2.27. The number of carbonyl (C=O) groups excluding carboxylic acids is 1. The largest absolute Gasteiger partial charge is 0.378 e. The van der Waals surface area contributed by atoms with Gasteiger partial charge in [0, 0.05) is 25.6 Å². The minimum atomic E-state index is 0.0639. The Morgan fingerprint density at radius 3 is 3.00 bits per heavy atom. The molecule has 21 heavy (non-hydrogen) atoms. The third-order valence-corrected chi connectivity index (χ3v) is 4.34. The zero-order chi connectivity index (χ0) is 14.7. The van der Waals surface area contributed by atoms with Crippen LogP contribution < -0.4 is 5.32 Å². The number of nitrogens with zero attached hydrogens (tertiary/aromatic N) is 2. The fraction of sp³-hybridized carbons (Fsp3) is 0.786. The van der Waals surface area contributed by atoms with Crippen LogP contribution in [-0.2, 0) is 16.0 Å². The molecule has 0 radical (unpaired) electrons. The van der Waals surface area contributed by atoms with Gasteiger partial charge in [-0.25, -0.2) is 0 Å². The predicted octanol–water partition coefficient (Wildman–Crippen LogP) is 1.89. The number of H-pyrrole nitrogens is 1. The van der Waals surface area contributed by atoms with Crippen LogP contribution in [-0.4, -0.2) is 39.9 Å². The molecule has 0 unspecified atom stereocenters. The molecule has 0 aromatic carbocycles. The lowest BCUT2D eigenvalue weighted by Crippen LogP contribution is -2.32. The number of aromatic amines is 1. The van der Waals surface area contributed by atoms with Crippen molar-refractivity contribution in [1.29, 1.82) is 0 Å². The highest BCUT2D eigenvalue weighted by atomic mass is 32.1. The van der Waals surface area contributed by atoms with Crippen LogP contribution in [0.2, 0.25) is 0 Å². The lowest BCUT2D eigenvalue weighted by atomic mass is 10.1. The molecule has 1 atom stereocenters. The van der Waals surface area contributed by atoms with Gasteiger partial charge in [-0.05, 0) is 44.3 Å². The summed E-state index contributed by atoms with van der Waals surface area (Å²) in [5, 5.41) is 10.1. The van der Waals surface area contributed by atoms with Gasteiger partial charge in [0.2, 0.25) is 5.91 Å². The van der Waals surface area contributed by atoms with E-state index in [-0.39, 0.29) is 12.0 Å². The van der Waals surface area contributed by atoms with Gasteiger partial charge in [-0.15, -0.1) is 0 Å². The van der Waals surface area contributed by atoms with Gasteiger partial charge >= 0.3 is 0 Å². The van der Waals surface area contributed by atoms with E-state index in [1.807, 2.05) is 0 Å². The van der Waals surface area contributed by atoms with Crippen LogP contribution in [0, 0.1) is 4.77 Å². The molecule has 1 aromatic rings. The van der Waals surface area contributed by atoms with Gasteiger partial charge in [-0.3, -0.25) is 9.89 Å². The molecular formula is C14H22N4O2S. The zero-order valence-corrected chi connectivity index (χ0v) is 13.0. The molecule has 1 saturated carbocycles. The van der Waals surface area contributed by atoms with E-state index in [1.54, 1.807) is 0 Å². The summed E-state index contributed by atoms with van der Waals surface area (Å²) < 4.78 is 8.36. The van der Waals surface area contributed by atoms with Gasteiger partial charge in [-0.1, -0.05) is 0 Å². The van der Waals surface area contributed by atoms with E-state index in [0.29, 0.717) is 30.2 Å². The van der Waals surface area contributed by atoms with Gasteiger partial charge in [-0.2, -0.15) is 5.10 Å². The summed E-state index contributed by atoms with van der Waals surface area (Å²) in [5.74, 6) is 1.01. The molecule has 0 bridgehead atoms. The Hall–Kier alpha value is -1.21. The van der Waals surface area contributed by atoms with E-state index in [9.17, 15) is 4.79 Å². The van der Waals surface area contributed by atoms with E-state index in [2.05, 4.69) is 20.1 Å². The second-order valence-electron chi connectivity index (χ2n) is 5.84. The first-order valence-electron chi connectivity index (χ1n) is 7.78. The smallest absolute Gasteiger partial charge is 0.222 e. The average molecular weight is 310 g/mol. The molecule has 1 amide bonds. The number of amides is 1. The van der Waals surface area contributed by atoms with E-state index in [4.69, 9.17) is 17.0 Å². The molecule has 0 spiro atoms. The van der Waals surface area contributed by atoms with Crippen LogP contribution in [0.4, 0.5) is 0 Å². The van der Waals surface area contributed by atoms with Crippen LogP contribution in [0.25, 0.3) is 0 Å². The monoisotopic (exact) mass is 310 g/mol. The maximum Gasteiger partial charge on any atom is 0.222 e. The van der Waals surface area contributed by atoms with Crippen LogP contribution >= 0.6 is 12.2 Å².